The zero-order valence-corrected chi connectivity index (χ0v) is 17.6. The van der Waals surface area contributed by atoms with Crippen molar-refractivity contribution in [3.63, 3.8) is 0 Å². The van der Waals surface area contributed by atoms with Crippen molar-refractivity contribution in [1.29, 1.82) is 0 Å². The van der Waals surface area contributed by atoms with Gasteiger partial charge in [-0.1, -0.05) is 35.3 Å². The fraction of sp³-hybridized carbons (Fsp3) is 0.381. The molecule has 1 fully saturated rings. The van der Waals surface area contributed by atoms with E-state index in [0.29, 0.717) is 40.3 Å². The summed E-state index contributed by atoms with van der Waals surface area (Å²) >= 11 is 12.0. The van der Waals surface area contributed by atoms with Crippen LogP contribution in [0.5, 0.6) is 11.5 Å². The Balaban J connectivity index is 1.45. The summed E-state index contributed by atoms with van der Waals surface area (Å²) < 4.78 is 11.7. The molecule has 29 heavy (non-hydrogen) atoms. The van der Waals surface area contributed by atoms with Crippen LogP contribution >= 0.6 is 23.2 Å². The number of nitrogens with one attached hydrogen (secondary N) is 1. The number of amides is 1. The van der Waals surface area contributed by atoms with Gasteiger partial charge in [0.25, 0.3) is 0 Å². The molecule has 1 heterocycles. The highest BCUT2D eigenvalue weighted by molar-refractivity contribution is 6.42. The van der Waals surface area contributed by atoms with Crippen LogP contribution in [0.3, 0.4) is 0 Å². The third-order valence-corrected chi connectivity index (χ3v) is 5.26. The maximum atomic E-state index is 11.3. The molecule has 3 rings (SSSR count). The van der Waals surface area contributed by atoms with Gasteiger partial charge in [0.05, 0.1) is 15.7 Å². The molecule has 2 N–H and O–H groups in total. The second-order valence-electron chi connectivity index (χ2n) is 7.01. The Morgan fingerprint density at radius 1 is 1.28 bits per heavy atom. The number of aliphatic hydroxyl groups is 1. The standard InChI is InChI=1S/C21H24Cl2N2O4/c1-14(26)24-20-4-2-3-5-21(20)28-13-15(27)11-25-9-8-17(12-25)29-16-6-7-18(22)19(23)10-16/h2-7,10,15,17,27H,8-9,11-13H2,1H3,(H,24,26). The number of carbonyl (C=O) groups is 1. The quantitative estimate of drug-likeness (QED) is 0.654. The first-order chi connectivity index (χ1) is 13.9. The molecule has 2 aromatic carbocycles. The van der Waals surface area contributed by atoms with Gasteiger partial charge in [-0.2, -0.15) is 0 Å². The highest BCUT2D eigenvalue weighted by Gasteiger charge is 2.26. The van der Waals surface area contributed by atoms with Crippen molar-refractivity contribution in [1.82, 2.24) is 4.90 Å². The lowest BCUT2D eigenvalue weighted by molar-refractivity contribution is -0.114. The Kier molecular flexibility index (Phi) is 7.61. The average Bonchev–Trinajstić information content (AvgIpc) is 3.10. The first-order valence-corrected chi connectivity index (χ1v) is 10.2. The number of benzene rings is 2. The van der Waals surface area contributed by atoms with E-state index in [4.69, 9.17) is 32.7 Å². The van der Waals surface area contributed by atoms with Crippen LogP contribution in [0.15, 0.2) is 42.5 Å². The summed E-state index contributed by atoms with van der Waals surface area (Å²) in [4.78, 5) is 13.4. The summed E-state index contributed by atoms with van der Waals surface area (Å²) in [6.45, 7) is 3.58. The number of nitrogens with zero attached hydrogens (tertiary/aromatic N) is 1. The number of hydrogen-bond donors (Lipinski definition) is 2. The monoisotopic (exact) mass is 438 g/mol. The molecular formula is C21H24Cl2N2O4. The predicted molar refractivity (Wildman–Crippen MR) is 114 cm³/mol. The van der Waals surface area contributed by atoms with Crippen LogP contribution in [0.1, 0.15) is 13.3 Å². The van der Waals surface area contributed by atoms with E-state index < -0.39 is 6.10 Å². The second-order valence-corrected chi connectivity index (χ2v) is 7.82. The fourth-order valence-corrected chi connectivity index (χ4v) is 3.51. The minimum absolute atomic E-state index is 0.0286. The van der Waals surface area contributed by atoms with Crippen LogP contribution in [-0.4, -0.2) is 54.4 Å². The van der Waals surface area contributed by atoms with Gasteiger partial charge >= 0.3 is 0 Å². The van der Waals surface area contributed by atoms with Crippen molar-refractivity contribution in [2.24, 2.45) is 0 Å². The fourth-order valence-electron chi connectivity index (χ4n) is 3.22. The molecule has 0 saturated carbocycles. The predicted octanol–water partition coefficient (Wildman–Crippen LogP) is 3.84. The minimum atomic E-state index is -0.663. The molecule has 1 saturated heterocycles. The number of anilines is 1. The maximum Gasteiger partial charge on any atom is 0.221 e. The molecule has 0 bridgehead atoms. The largest absolute Gasteiger partial charge is 0.489 e. The molecule has 2 unspecified atom stereocenters. The van der Waals surface area contributed by atoms with E-state index in [2.05, 4.69) is 10.2 Å². The van der Waals surface area contributed by atoms with Gasteiger partial charge in [-0.05, 0) is 30.7 Å². The van der Waals surface area contributed by atoms with Gasteiger partial charge in [0.15, 0.2) is 0 Å². The number of halogens is 2. The number of likely N-dealkylation sites (tertiary alicyclic amines) is 1. The normalized spacial score (nSPS) is 17.7. The molecule has 156 valence electrons. The molecule has 0 aromatic heterocycles. The summed E-state index contributed by atoms with van der Waals surface area (Å²) in [6, 6.07) is 12.4. The SMILES string of the molecule is CC(=O)Nc1ccccc1OCC(O)CN1CCC(Oc2ccc(Cl)c(Cl)c2)C1. The summed E-state index contributed by atoms with van der Waals surface area (Å²) in [5, 5.41) is 14.0. The maximum absolute atomic E-state index is 11.3. The van der Waals surface area contributed by atoms with Gasteiger partial charge in [0, 0.05) is 32.6 Å². The van der Waals surface area contributed by atoms with Crippen LogP contribution in [0.25, 0.3) is 0 Å². The highest BCUT2D eigenvalue weighted by Crippen LogP contribution is 2.28. The van der Waals surface area contributed by atoms with Gasteiger partial charge in [-0.15, -0.1) is 0 Å². The molecule has 0 radical (unpaired) electrons. The lowest BCUT2D eigenvalue weighted by Gasteiger charge is -2.21. The first kappa shape index (κ1) is 21.7. The van der Waals surface area contributed by atoms with Crippen molar-refractivity contribution in [3.8, 4) is 11.5 Å². The number of β-amino-alcohol motifs (C(OH)–C–C–N with tert-alkyl or cyclic N) is 1. The van der Waals surface area contributed by atoms with Crippen molar-refractivity contribution >= 4 is 34.8 Å². The van der Waals surface area contributed by atoms with E-state index in [1.807, 2.05) is 12.1 Å². The summed E-state index contributed by atoms with van der Waals surface area (Å²) in [5.74, 6) is 1.04. The topological polar surface area (TPSA) is 71.0 Å². The molecule has 2 atom stereocenters. The smallest absolute Gasteiger partial charge is 0.221 e. The van der Waals surface area contributed by atoms with Gasteiger partial charge < -0.3 is 19.9 Å². The van der Waals surface area contributed by atoms with Crippen LogP contribution in [0.4, 0.5) is 5.69 Å². The molecule has 0 spiro atoms. The highest BCUT2D eigenvalue weighted by atomic mass is 35.5. The zero-order valence-electron chi connectivity index (χ0n) is 16.1. The Labute approximate surface area is 180 Å². The summed E-state index contributed by atoms with van der Waals surface area (Å²) in [6.07, 6.45) is 0.226. The number of rotatable bonds is 8. The van der Waals surface area contributed by atoms with Gasteiger partial charge in [0.2, 0.25) is 5.91 Å². The molecular weight excluding hydrogens is 415 g/mol. The van der Waals surface area contributed by atoms with E-state index in [-0.39, 0.29) is 18.6 Å². The Bertz CT molecular complexity index is 849. The number of carbonyl (C=O) groups excluding carboxylic acids is 1. The Morgan fingerprint density at radius 3 is 2.83 bits per heavy atom. The van der Waals surface area contributed by atoms with Crippen LogP contribution < -0.4 is 14.8 Å². The van der Waals surface area contributed by atoms with Crippen molar-refractivity contribution in [2.45, 2.75) is 25.6 Å². The minimum Gasteiger partial charge on any atom is -0.489 e. The summed E-state index contributed by atoms with van der Waals surface area (Å²) in [7, 11) is 0. The van der Waals surface area contributed by atoms with Gasteiger partial charge in [0.1, 0.15) is 30.3 Å². The molecule has 1 aliphatic heterocycles. The van der Waals surface area contributed by atoms with Crippen molar-refractivity contribution < 1.29 is 19.4 Å². The van der Waals surface area contributed by atoms with Crippen LogP contribution in [0, 0.1) is 0 Å². The third-order valence-electron chi connectivity index (χ3n) is 4.52. The lowest BCUT2D eigenvalue weighted by atomic mass is 10.3. The Hall–Kier alpha value is -1.99. The second kappa shape index (κ2) is 10.2. The zero-order chi connectivity index (χ0) is 20.8. The molecule has 1 amide bonds. The van der Waals surface area contributed by atoms with E-state index >= 15 is 0 Å². The summed E-state index contributed by atoms with van der Waals surface area (Å²) in [5.41, 5.74) is 0.587. The van der Waals surface area contributed by atoms with Gasteiger partial charge in [-0.3, -0.25) is 9.69 Å². The third kappa shape index (κ3) is 6.51. The number of aliphatic hydroxyl groups excluding tert-OH is 1. The molecule has 1 aliphatic rings. The van der Waals surface area contributed by atoms with Crippen molar-refractivity contribution in [2.75, 3.05) is 31.6 Å². The van der Waals surface area contributed by atoms with Gasteiger partial charge in [-0.25, -0.2) is 0 Å². The Morgan fingerprint density at radius 2 is 2.07 bits per heavy atom. The molecule has 8 heteroatoms. The molecule has 2 aromatic rings. The van der Waals surface area contributed by atoms with E-state index in [9.17, 15) is 9.90 Å². The average molecular weight is 439 g/mol. The van der Waals surface area contributed by atoms with E-state index in [0.717, 1.165) is 13.0 Å². The van der Waals surface area contributed by atoms with Crippen LogP contribution in [0.2, 0.25) is 10.0 Å². The molecule has 0 aliphatic carbocycles. The first-order valence-electron chi connectivity index (χ1n) is 9.42. The molecule has 6 nitrogen and oxygen atoms in total. The lowest BCUT2D eigenvalue weighted by Crippen LogP contribution is -2.35. The number of hydrogen-bond acceptors (Lipinski definition) is 5. The van der Waals surface area contributed by atoms with E-state index in [1.165, 1.54) is 6.92 Å². The number of ether oxygens (including phenoxy) is 2. The van der Waals surface area contributed by atoms with E-state index in [1.54, 1.807) is 30.3 Å². The van der Waals surface area contributed by atoms with Crippen LogP contribution in [-0.2, 0) is 4.79 Å². The van der Waals surface area contributed by atoms with Crippen molar-refractivity contribution in [3.05, 3.63) is 52.5 Å². The number of para-hydroxylation sites is 2.